The van der Waals surface area contributed by atoms with Crippen LogP contribution in [-0.4, -0.2) is 23.6 Å². The molecule has 1 atom stereocenters. The van der Waals surface area contributed by atoms with Gasteiger partial charge in [-0.3, -0.25) is 0 Å². The summed E-state index contributed by atoms with van der Waals surface area (Å²) < 4.78 is 0. The molecule has 0 radical (unpaired) electrons. The van der Waals surface area contributed by atoms with Gasteiger partial charge in [0.25, 0.3) is 0 Å². The summed E-state index contributed by atoms with van der Waals surface area (Å²) in [5.41, 5.74) is 2.53. The number of thiazole rings is 1. The second-order valence-corrected chi connectivity index (χ2v) is 5.57. The first-order valence-corrected chi connectivity index (χ1v) is 7.37. The maximum Gasteiger partial charge on any atom is 0.1000 e. The average Bonchev–Trinajstić information content (AvgIpc) is 3.09. The number of rotatable bonds is 5. The van der Waals surface area contributed by atoms with Gasteiger partial charge < -0.3 is 10.3 Å². The molecule has 2 heterocycles. The Morgan fingerprint density at radius 3 is 3.11 bits per heavy atom. The predicted molar refractivity (Wildman–Crippen MR) is 80.8 cm³/mol. The maximum absolute atomic E-state index is 4.50. The smallest absolute Gasteiger partial charge is 0.1000 e. The Hall–Kier alpha value is -1.65. The number of H-pyrrole nitrogens is 1. The van der Waals surface area contributed by atoms with E-state index in [4.69, 9.17) is 0 Å². The first-order chi connectivity index (χ1) is 9.38. The molecule has 98 valence electrons. The van der Waals surface area contributed by atoms with Crippen LogP contribution in [-0.2, 0) is 0 Å². The molecule has 0 saturated carbocycles. The topological polar surface area (TPSA) is 40.7 Å². The van der Waals surface area contributed by atoms with Gasteiger partial charge in [-0.2, -0.15) is 0 Å². The van der Waals surface area contributed by atoms with Crippen molar-refractivity contribution in [3.8, 4) is 0 Å². The van der Waals surface area contributed by atoms with Crippen LogP contribution >= 0.6 is 11.3 Å². The minimum Gasteiger partial charge on any atom is -0.361 e. The molecule has 0 fully saturated rings. The van der Waals surface area contributed by atoms with E-state index in [-0.39, 0.29) is 0 Å². The molecule has 2 aromatic heterocycles. The van der Waals surface area contributed by atoms with Crippen molar-refractivity contribution in [1.82, 2.24) is 15.3 Å². The van der Waals surface area contributed by atoms with Crippen LogP contribution in [0.3, 0.4) is 0 Å². The van der Waals surface area contributed by atoms with Crippen LogP contribution in [0.4, 0.5) is 0 Å². The molecule has 3 rings (SSSR count). The van der Waals surface area contributed by atoms with Gasteiger partial charge >= 0.3 is 0 Å². The summed E-state index contributed by atoms with van der Waals surface area (Å²) in [6.45, 7) is 0.995. The van der Waals surface area contributed by atoms with Gasteiger partial charge in [-0.25, -0.2) is 4.98 Å². The van der Waals surface area contributed by atoms with Gasteiger partial charge in [-0.1, -0.05) is 6.07 Å². The van der Waals surface area contributed by atoms with E-state index in [1.54, 1.807) is 11.3 Å². The largest absolute Gasteiger partial charge is 0.361 e. The highest BCUT2D eigenvalue weighted by Crippen LogP contribution is 2.30. The van der Waals surface area contributed by atoms with Crippen LogP contribution in [0, 0.1) is 0 Å². The summed E-state index contributed by atoms with van der Waals surface area (Å²) >= 11 is 1.74. The summed E-state index contributed by atoms with van der Waals surface area (Å²) in [4.78, 5) is 7.73. The van der Waals surface area contributed by atoms with E-state index in [1.165, 1.54) is 21.5 Å². The molecular weight excluding hydrogens is 254 g/mol. The third-order valence-corrected chi connectivity index (χ3v) is 4.30. The summed E-state index contributed by atoms with van der Waals surface area (Å²) in [6.07, 6.45) is 4.95. The van der Waals surface area contributed by atoms with Crippen LogP contribution in [0.15, 0.2) is 42.0 Å². The predicted octanol–water partition coefficient (Wildman–Crippen LogP) is 3.37. The molecule has 2 N–H and O–H groups in total. The van der Waals surface area contributed by atoms with Crippen molar-refractivity contribution in [2.45, 2.75) is 12.3 Å². The first-order valence-electron chi connectivity index (χ1n) is 6.49. The highest BCUT2D eigenvalue weighted by Gasteiger charge is 2.16. The molecule has 19 heavy (non-hydrogen) atoms. The minimum atomic E-state index is 0.381. The normalized spacial score (nSPS) is 12.9. The molecule has 0 bridgehead atoms. The third-order valence-electron chi connectivity index (χ3n) is 3.41. The van der Waals surface area contributed by atoms with Crippen molar-refractivity contribution in [1.29, 1.82) is 0 Å². The van der Waals surface area contributed by atoms with Crippen LogP contribution in [0.25, 0.3) is 10.9 Å². The lowest BCUT2D eigenvalue weighted by molar-refractivity contribution is 0.659. The lowest BCUT2D eigenvalue weighted by atomic mass is 9.95. The number of nitrogens with zero attached hydrogens (tertiary/aromatic N) is 1. The van der Waals surface area contributed by atoms with Gasteiger partial charge in [0.1, 0.15) is 0 Å². The van der Waals surface area contributed by atoms with Crippen LogP contribution in [0.5, 0.6) is 0 Å². The zero-order valence-electron chi connectivity index (χ0n) is 10.9. The Morgan fingerprint density at radius 1 is 1.37 bits per heavy atom. The van der Waals surface area contributed by atoms with Crippen molar-refractivity contribution in [2.75, 3.05) is 13.6 Å². The van der Waals surface area contributed by atoms with Crippen molar-refractivity contribution >= 4 is 22.2 Å². The van der Waals surface area contributed by atoms with Crippen LogP contribution in [0.2, 0.25) is 0 Å². The fraction of sp³-hybridized carbons (Fsp3) is 0.267. The second-order valence-electron chi connectivity index (χ2n) is 4.64. The Morgan fingerprint density at radius 2 is 2.32 bits per heavy atom. The van der Waals surface area contributed by atoms with Crippen molar-refractivity contribution < 1.29 is 0 Å². The fourth-order valence-electron chi connectivity index (χ4n) is 2.42. The van der Waals surface area contributed by atoms with Gasteiger partial charge in [0.2, 0.25) is 0 Å². The van der Waals surface area contributed by atoms with E-state index in [0.717, 1.165) is 13.0 Å². The molecule has 0 amide bonds. The third kappa shape index (κ3) is 2.55. The quantitative estimate of drug-likeness (QED) is 0.747. The Bertz CT molecular complexity index is 642. The van der Waals surface area contributed by atoms with Gasteiger partial charge in [0.15, 0.2) is 0 Å². The maximum atomic E-state index is 4.50. The van der Waals surface area contributed by atoms with E-state index in [2.05, 4.69) is 44.9 Å². The van der Waals surface area contributed by atoms with Gasteiger partial charge in [0, 0.05) is 29.2 Å². The Balaban J connectivity index is 1.97. The number of nitrogens with one attached hydrogen (secondary N) is 2. The minimum absolute atomic E-state index is 0.381. The number of benzene rings is 1. The molecule has 3 nitrogen and oxygen atoms in total. The van der Waals surface area contributed by atoms with Crippen molar-refractivity contribution in [3.63, 3.8) is 0 Å². The summed E-state index contributed by atoms with van der Waals surface area (Å²) in [7, 11) is 1.99. The summed E-state index contributed by atoms with van der Waals surface area (Å²) in [5.74, 6) is 0.381. The highest BCUT2D eigenvalue weighted by atomic mass is 32.1. The van der Waals surface area contributed by atoms with E-state index < -0.39 is 0 Å². The lowest BCUT2D eigenvalue weighted by Gasteiger charge is -2.15. The average molecular weight is 271 g/mol. The number of aromatic amines is 1. The standard InChI is InChI=1S/C15H17N3S/c1-16-6-5-13(15-18-8-9-19-15)11-2-3-14-12(10-11)4-7-17-14/h2-4,7-10,13,16-17H,5-6H2,1H3. The zero-order chi connectivity index (χ0) is 13.1. The SMILES string of the molecule is CNCCC(c1ccc2[nH]ccc2c1)c1nccs1. The molecule has 0 spiro atoms. The Labute approximate surface area is 116 Å². The monoisotopic (exact) mass is 271 g/mol. The van der Waals surface area contributed by atoms with E-state index >= 15 is 0 Å². The molecule has 0 aliphatic carbocycles. The number of hydrogen-bond donors (Lipinski definition) is 2. The van der Waals surface area contributed by atoms with Gasteiger partial charge in [-0.05, 0) is 49.2 Å². The zero-order valence-corrected chi connectivity index (χ0v) is 11.7. The fourth-order valence-corrected chi connectivity index (χ4v) is 3.22. The first kappa shape index (κ1) is 12.4. The lowest BCUT2D eigenvalue weighted by Crippen LogP contribution is -2.13. The molecular formula is C15H17N3S. The van der Waals surface area contributed by atoms with Gasteiger partial charge in [-0.15, -0.1) is 11.3 Å². The van der Waals surface area contributed by atoms with Crippen molar-refractivity contribution in [3.05, 3.63) is 52.6 Å². The highest BCUT2D eigenvalue weighted by molar-refractivity contribution is 7.09. The number of hydrogen-bond acceptors (Lipinski definition) is 3. The number of fused-ring (bicyclic) bond motifs is 1. The molecule has 4 heteroatoms. The molecule has 0 aliphatic rings. The van der Waals surface area contributed by atoms with Crippen LogP contribution in [0.1, 0.15) is 22.9 Å². The van der Waals surface area contributed by atoms with Gasteiger partial charge in [0.05, 0.1) is 5.01 Å². The van der Waals surface area contributed by atoms with E-state index in [1.807, 2.05) is 19.4 Å². The second kappa shape index (κ2) is 5.55. The molecule has 0 aliphatic heterocycles. The summed E-state index contributed by atoms with van der Waals surface area (Å²) in [6, 6.07) is 8.76. The van der Waals surface area contributed by atoms with E-state index in [9.17, 15) is 0 Å². The molecule has 3 aromatic rings. The van der Waals surface area contributed by atoms with Crippen molar-refractivity contribution in [2.24, 2.45) is 0 Å². The molecule has 0 saturated heterocycles. The van der Waals surface area contributed by atoms with E-state index in [0.29, 0.717) is 5.92 Å². The molecule has 1 aromatic carbocycles. The molecule has 1 unspecified atom stereocenters. The van der Waals surface area contributed by atoms with Crippen LogP contribution < -0.4 is 5.32 Å². The summed E-state index contributed by atoms with van der Waals surface area (Å²) in [5, 5.41) is 7.75. The Kier molecular flexibility index (Phi) is 3.62. The number of aromatic nitrogens is 2.